The molecule has 0 atom stereocenters. The third-order valence-electron chi connectivity index (χ3n) is 2.74. The first-order valence-electron chi connectivity index (χ1n) is 5.39. The largest absolute Gasteiger partial charge is 0.493 e. The summed E-state index contributed by atoms with van der Waals surface area (Å²) in [5, 5.41) is 3.47. The van der Waals surface area contributed by atoms with Crippen molar-refractivity contribution >= 4 is 15.9 Å². The summed E-state index contributed by atoms with van der Waals surface area (Å²) in [5.74, 6) is 1.59. The quantitative estimate of drug-likeness (QED) is 0.902. The zero-order chi connectivity index (χ0) is 11.5. The second-order valence-corrected chi connectivity index (χ2v) is 4.77. The van der Waals surface area contributed by atoms with Crippen LogP contribution < -0.4 is 14.8 Å². The van der Waals surface area contributed by atoms with Gasteiger partial charge < -0.3 is 14.8 Å². The third kappa shape index (κ3) is 2.50. The van der Waals surface area contributed by atoms with E-state index in [1.165, 1.54) is 12.8 Å². The summed E-state index contributed by atoms with van der Waals surface area (Å²) in [6.07, 6.45) is 2.56. The van der Waals surface area contributed by atoms with E-state index in [1.54, 1.807) is 14.2 Å². The van der Waals surface area contributed by atoms with E-state index in [-0.39, 0.29) is 0 Å². The van der Waals surface area contributed by atoms with Crippen molar-refractivity contribution in [2.45, 2.75) is 25.4 Å². The van der Waals surface area contributed by atoms with Gasteiger partial charge in [-0.3, -0.25) is 0 Å². The Balaban J connectivity index is 2.23. The van der Waals surface area contributed by atoms with Gasteiger partial charge >= 0.3 is 0 Å². The lowest BCUT2D eigenvalue weighted by atomic mass is 10.2. The normalized spacial score (nSPS) is 14.9. The molecule has 2 rings (SSSR count). The molecule has 1 aromatic rings. The Kier molecular flexibility index (Phi) is 3.71. The van der Waals surface area contributed by atoms with Crippen LogP contribution in [0.4, 0.5) is 0 Å². The van der Waals surface area contributed by atoms with Crippen LogP contribution in [0.3, 0.4) is 0 Å². The second kappa shape index (κ2) is 5.06. The molecule has 0 aliphatic heterocycles. The van der Waals surface area contributed by atoms with Crippen molar-refractivity contribution in [3.8, 4) is 11.5 Å². The Morgan fingerprint density at radius 1 is 1.31 bits per heavy atom. The smallest absolute Gasteiger partial charge is 0.166 e. The number of methoxy groups -OCH3 is 2. The fraction of sp³-hybridized carbons (Fsp3) is 0.500. The Morgan fingerprint density at radius 2 is 2.06 bits per heavy atom. The zero-order valence-electron chi connectivity index (χ0n) is 9.55. The van der Waals surface area contributed by atoms with Gasteiger partial charge in [-0.25, -0.2) is 0 Å². The molecule has 1 fully saturated rings. The van der Waals surface area contributed by atoms with Crippen LogP contribution in [0, 0.1) is 0 Å². The molecule has 0 spiro atoms. The summed E-state index contributed by atoms with van der Waals surface area (Å²) >= 11 is 3.55. The van der Waals surface area contributed by atoms with Crippen molar-refractivity contribution in [3.05, 3.63) is 22.2 Å². The van der Waals surface area contributed by atoms with Gasteiger partial charge in [0.15, 0.2) is 11.5 Å². The van der Waals surface area contributed by atoms with E-state index in [2.05, 4.69) is 21.2 Å². The highest BCUT2D eigenvalue weighted by molar-refractivity contribution is 9.10. The summed E-state index contributed by atoms with van der Waals surface area (Å²) in [7, 11) is 3.33. The highest BCUT2D eigenvalue weighted by Gasteiger charge is 2.22. The number of ether oxygens (including phenoxy) is 2. The molecule has 1 N–H and O–H groups in total. The molecule has 1 saturated carbocycles. The number of rotatable bonds is 5. The molecule has 0 unspecified atom stereocenters. The third-order valence-corrected chi connectivity index (χ3v) is 3.48. The maximum atomic E-state index is 5.41. The van der Waals surface area contributed by atoms with Crippen molar-refractivity contribution in [2.75, 3.05) is 14.2 Å². The number of halogens is 1. The van der Waals surface area contributed by atoms with Crippen LogP contribution in [0.5, 0.6) is 11.5 Å². The molecule has 0 radical (unpaired) electrons. The summed E-state index contributed by atoms with van der Waals surface area (Å²) in [6, 6.07) is 4.58. The summed E-state index contributed by atoms with van der Waals surface area (Å²) in [5.41, 5.74) is 1.12. The average Bonchev–Trinajstić information content (AvgIpc) is 3.10. The molecule has 0 amide bonds. The van der Waals surface area contributed by atoms with E-state index in [4.69, 9.17) is 9.47 Å². The van der Waals surface area contributed by atoms with Crippen LogP contribution in [0.2, 0.25) is 0 Å². The van der Waals surface area contributed by atoms with Crippen molar-refractivity contribution < 1.29 is 9.47 Å². The molecule has 4 heteroatoms. The molecule has 1 aromatic carbocycles. The number of hydrogen-bond donors (Lipinski definition) is 1. The van der Waals surface area contributed by atoms with Crippen LogP contribution in [-0.2, 0) is 6.54 Å². The van der Waals surface area contributed by atoms with Gasteiger partial charge in [-0.2, -0.15) is 0 Å². The molecular formula is C12H16BrNO2. The number of nitrogens with one attached hydrogen (secondary N) is 1. The highest BCUT2D eigenvalue weighted by atomic mass is 79.9. The summed E-state index contributed by atoms with van der Waals surface area (Å²) < 4.78 is 11.7. The minimum atomic E-state index is 0.683. The molecule has 0 heterocycles. The lowest BCUT2D eigenvalue weighted by molar-refractivity contribution is 0.350. The predicted molar refractivity (Wildman–Crippen MR) is 67.1 cm³/mol. The standard InChI is InChI=1S/C12H16BrNO2/c1-15-11-6-5-10(13)9(12(11)16-2)7-14-8-3-4-8/h5-6,8,14H,3-4,7H2,1-2H3. The monoisotopic (exact) mass is 285 g/mol. The van der Waals surface area contributed by atoms with E-state index in [9.17, 15) is 0 Å². The van der Waals surface area contributed by atoms with Gasteiger partial charge in [-0.05, 0) is 25.0 Å². The minimum absolute atomic E-state index is 0.683. The second-order valence-electron chi connectivity index (χ2n) is 3.92. The zero-order valence-corrected chi connectivity index (χ0v) is 11.1. The van der Waals surface area contributed by atoms with Crippen molar-refractivity contribution in [3.63, 3.8) is 0 Å². The summed E-state index contributed by atoms with van der Waals surface area (Å²) in [6.45, 7) is 0.811. The van der Waals surface area contributed by atoms with Crippen molar-refractivity contribution in [1.82, 2.24) is 5.32 Å². The molecule has 3 nitrogen and oxygen atoms in total. The van der Waals surface area contributed by atoms with Gasteiger partial charge in [0.25, 0.3) is 0 Å². The first kappa shape index (κ1) is 11.7. The first-order chi connectivity index (χ1) is 7.76. The fourth-order valence-corrected chi connectivity index (χ4v) is 2.12. The summed E-state index contributed by atoms with van der Waals surface area (Å²) in [4.78, 5) is 0. The van der Waals surface area contributed by atoms with Crippen LogP contribution in [-0.4, -0.2) is 20.3 Å². The van der Waals surface area contributed by atoms with Gasteiger partial charge in [0.1, 0.15) is 0 Å². The van der Waals surface area contributed by atoms with Crippen molar-refractivity contribution in [1.29, 1.82) is 0 Å². The SMILES string of the molecule is COc1ccc(Br)c(CNC2CC2)c1OC. The molecule has 1 aliphatic carbocycles. The number of benzene rings is 1. The molecule has 0 aromatic heterocycles. The maximum Gasteiger partial charge on any atom is 0.166 e. The average molecular weight is 286 g/mol. The maximum absolute atomic E-state index is 5.41. The fourth-order valence-electron chi connectivity index (χ4n) is 1.67. The molecule has 0 bridgehead atoms. The highest BCUT2D eigenvalue weighted by Crippen LogP contribution is 2.36. The van der Waals surface area contributed by atoms with E-state index < -0.39 is 0 Å². The van der Waals surface area contributed by atoms with Gasteiger partial charge in [-0.1, -0.05) is 15.9 Å². The molecule has 88 valence electrons. The predicted octanol–water partition coefficient (Wildman–Crippen LogP) is 2.72. The molecule has 0 saturated heterocycles. The van der Waals surface area contributed by atoms with Crippen LogP contribution >= 0.6 is 15.9 Å². The molecular weight excluding hydrogens is 270 g/mol. The number of hydrogen-bond acceptors (Lipinski definition) is 3. The molecule has 1 aliphatic rings. The van der Waals surface area contributed by atoms with Gasteiger partial charge in [0.05, 0.1) is 14.2 Å². The Morgan fingerprint density at radius 3 is 2.62 bits per heavy atom. The van der Waals surface area contributed by atoms with E-state index >= 15 is 0 Å². The van der Waals surface area contributed by atoms with E-state index in [0.717, 1.165) is 28.1 Å². The van der Waals surface area contributed by atoms with Crippen LogP contribution in [0.25, 0.3) is 0 Å². The van der Waals surface area contributed by atoms with Crippen LogP contribution in [0.1, 0.15) is 18.4 Å². The Hall–Kier alpha value is -0.740. The van der Waals surface area contributed by atoms with Gasteiger partial charge in [0, 0.05) is 22.6 Å². The van der Waals surface area contributed by atoms with Crippen LogP contribution in [0.15, 0.2) is 16.6 Å². The topological polar surface area (TPSA) is 30.5 Å². The Labute approximate surface area is 104 Å². The lowest BCUT2D eigenvalue weighted by Crippen LogP contribution is -2.16. The Bertz CT molecular complexity index is 378. The van der Waals surface area contributed by atoms with E-state index in [1.807, 2.05) is 12.1 Å². The van der Waals surface area contributed by atoms with Gasteiger partial charge in [-0.15, -0.1) is 0 Å². The minimum Gasteiger partial charge on any atom is -0.493 e. The van der Waals surface area contributed by atoms with Crippen molar-refractivity contribution in [2.24, 2.45) is 0 Å². The molecule has 16 heavy (non-hydrogen) atoms. The lowest BCUT2D eigenvalue weighted by Gasteiger charge is -2.14. The first-order valence-corrected chi connectivity index (χ1v) is 6.18. The van der Waals surface area contributed by atoms with E-state index in [0.29, 0.717) is 6.04 Å². The van der Waals surface area contributed by atoms with Gasteiger partial charge in [0.2, 0.25) is 0 Å².